The molecule has 1 aromatic carbocycles. The lowest BCUT2D eigenvalue weighted by Crippen LogP contribution is -2.15. The molecule has 0 unspecified atom stereocenters. The molecule has 1 aliphatic rings. The largest absolute Gasteiger partial charge is 0.486 e. The van der Waals surface area contributed by atoms with Gasteiger partial charge in [-0.2, -0.15) is 0 Å². The molecule has 0 radical (unpaired) electrons. The average Bonchev–Trinajstić information content (AvgIpc) is 2.42. The van der Waals surface area contributed by atoms with Gasteiger partial charge < -0.3 is 14.2 Å². The van der Waals surface area contributed by atoms with E-state index in [-0.39, 0.29) is 0 Å². The molecular weight excluding hydrogens is 343 g/mol. The smallest absolute Gasteiger partial charge is 0.161 e. The molecule has 98 valence electrons. The Morgan fingerprint density at radius 1 is 1.22 bits per heavy atom. The van der Waals surface area contributed by atoms with E-state index in [0.29, 0.717) is 19.8 Å². The lowest BCUT2D eigenvalue weighted by Gasteiger charge is -2.18. The number of rotatable bonds is 6. The average molecular weight is 360 g/mol. The van der Waals surface area contributed by atoms with Crippen molar-refractivity contribution in [3.8, 4) is 11.5 Å². The van der Waals surface area contributed by atoms with E-state index in [2.05, 4.69) is 22.6 Å². The normalized spacial score (nSPS) is 14.1. The van der Waals surface area contributed by atoms with Crippen LogP contribution >= 0.6 is 22.6 Å². The molecule has 0 bridgehead atoms. The van der Waals surface area contributed by atoms with Gasteiger partial charge in [-0.1, -0.05) is 40.8 Å². The highest BCUT2D eigenvalue weighted by Crippen LogP contribution is 2.30. The van der Waals surface area contributed by atoms with E-state index in [1.807, 2.05) is 30.4 Å². The van der Waals surface area contributed by atoms with Crippen LogP contribution in [0.3, 0.4) is 0 Å². The van der Waals surface area contributed by atoms with Crippen molar-refractivity contribution < 1.29 is 14.2 Å². The fraction of sp³-hybridized carbons (Fsp3) is 0.429. The lowest BCUT2D eigenvalue weighted by molar-refractivity contribution is 0.164. The first kappa shape index (κ1) is 13.7. The molecule has 0 aromatic heterocycles. The highest BCUT2D eigenvalue weighted by atomic mass is 127. The van der Waals surface area contributed by atoms with Crippen molar-refractivity contribution in [2.24, 2.45) is 0 Å². The predicted molar refractivity (Wildman–Crippen MR) is 80.8 cm³/mol. The molecule has 0 atom stereocenters. The molecule has 2 rings (SSSR count). The number of benzene rings is 1. The second kappa shape index (κ2) is 7.63. The molecule has 0 saturated heterocycles. The lowest BCUT2D eigenvalue weighted by atomic mass is 10.2. The minimum absolute atomic E-state index is 0.625. The first-order valence-electron chi connectivity index (χ1n) is 6.10. The van der Waals surface area contributed by atoms with E-state index in [1.54, 1.807) is 0 Å². The highest BCUT2D eigenvalue weighted by molar-refractivity contribution is 14.1. The molecule has 3 nitrogen and oxygen atoms in total. The first-order chi connectivity index (χ1) is 8.90. The van der Waals surface area contributed by atoms with Gasteiger partial charge in [0.1, 0.15) is 13.2 Å². The summed E-state index contributed by atoms with van der Waals surface area (Å²) in [6, 6.07) is 5.97. The van der Waals surface area contributed by atoms with Crippen LogP contribution in [0.15, 0.2) is 24.3 Å². The Balaban J connectivity index is 1.83. The minimum atomic E-state index is 0.625. The van der Waals surface area contributed by atoms with Crippen LogP contribution in [0.25, 0.3) is 6.08 Å². The van der Waals surface area contributed by atoms with Crippen LogP contribution < -0.4 is 9.47 Å². The van der Waals surface area contributed by atoms with Crippen molar-refractivity contribution in [1.82, 2.24) is 0 Å². The van der Waals surface area contributed by atoms with Gasteiger partial charge in [0, 0.05) is 11.0 Å². The van der Waals surface area contributed by atoms with Crippen molar-refractivity contribution in [3.63, 3.8) is 0 Å². The Morgan fingerprint density at radius 3 is 2.89 bits per heavy atom. The van der Waals surface area contributed by atoms with Crippen molar-refractivity contribution in [3.05, 3.63) is 29.8 Å². The summed E-state index contributed by atoms with van der Waals surface area (Å²) in [5.74, 6) is 1.66. The van der Waals surface area contributed by atoms with E-state index in [1.165, 1.54) is 0 Å². The number of hydrogen-bond donors (Lipinski definition) is 0. The number of alkyl halides is 1. The Hall–Kier alpha value is -0.750. The molecule has 18 heavy (non-hydrogen) atoms. The molecule has 0 amide bonds. The summed E-state index contributed by atoms with van der Waals surface area (Å²) >= 11 is 2.35. The summed E-state index contributed by atoms with van der Waals surface area (Å²) in [6.45, 7) is 2.74. The molecule has 0 spiro atoms. The fourth-order valence-electron chi connectivity index (χ4n) is 1.66. The van der Waals surface area contributed by atoms with Gasteiger partial charge in [0.15, 0.2) is 11.5 Å². The molecule has 4 heteroatoms. The molecule has 0 fully saturated rings. The standard InChI is InChI=1S/C14H17IO3/c15-6-2-8-16-7-1-3-12-4-5-13-14(11-12)18-10-9-17-13/h1,3-5,11H,2,6-10H2. The van der Waals surface area contributed by atoms with Gasteiger partial charge in [0.25, 0.3) is 0 Å². The summed E-state index contributed by atoms with van der Waals surface area (Å²) in [5, 5.41) is 0. The third-order valence-electron chi connectivity index (χ3n) is 2.51. The summed E-state index contributed by atoms with van der Waals surface area (Å²) < 4.78 is 17.6. The highest BCUT2D eigenvalue weighted by Gasteiger charge is 2.10. The summed E-state index contributed by atoms with van der Waals surface area (Å²) in [5.41, 5.74) is 1.11. The van der Waals surface area contributed by atoms with E-state index in [0.717, 1.165) is 34.5 Å². The number of ether oxygens (including phenoxy) is 3. The zero-order valence-electron chi connectivity index (χ0n) is 10.2. The topological polar surface area (TPSA) is 27.7 Å². The fourth-order valence-corrected chi connectivity index (χ4v) is 1.97. The Kier molecular flexibility index (Phi) is 5.80. The Labute approximate surface area is 121 Å². The Bertz CT molecular complexity index is 404. The van der Waals surface area contributed by atoms with Crippen LogP contribution in [-0.4, -0.2) is 30.9 Å². The zero-order chi connectivity index (χ0) is 12.6. The van der Waals surface area contributed by atoms with E-state index < -0.39 is 0 Å². The van der Waals surface area contributed by atoms with Gasteiger partial charge in [-0.25, -0.2) is 0 Å². The summed E-state index contributed by atoms with van der Waals surface area (Å²) in [4.78, 5) is 0. The molecule has 1 aliphatic heterocycles. The van der Waals surface area contributed by atoms with E-state index in [4.69, 9.17) is 14.2 Å². The third kappa shape index (κ3) is 4.17. The van der Waals surface area contributed by atoms with Gasteiger partial charge >= 0.3 is 0 Å². The quantitative estimate of drug-likeness (QED) is 0.443. The number of fused-ring (bicyclic) bond motifs is 1. The summed E-state index contributed by atoms with van der Waals surface area (Å²) in [6.07, 6.45) is 5.18. The van der Waals surface area contributed by atoms with Gasteiger partial charge in [-0.3, -0.25) is 0 Å². The molecule has 0 N–H and O–H groups in total. The van der Waals surface area contributed by atoms with E-state index >= 15 is 0 Å². The van der Waals surface area contributed by atoms with Crippen molar-refractivity contribution in [1.29, 1.82) is 0 Å². The molecule has 1 aromatic rings. The van der Waals surface area contributed by atoms with Crippen molar-refractivity contribution in [2.45, 2.75) is 6.42 Å². The maximum absolute atomic E-state index is 5.53. The molecule has 1 heterocycles. The van der Waals surface area contributed by atoms with Gasteiger partial charge in [0.2, 0.25) is 0 Å². The van der Waals surface area contributed by atoms with E-state index in [9.17, 15) is 0 Å². The van der Waals surface area contributed by atoms with Gasteiger partial charge in [0.05, 0.1) is 6.61 Å². The molecule has 0 aliphatic carbocycles. The van der Waals surface area contributed by atoms with Crippen molar-refractivity contribution in [2.75, 3.05) is 30.9 Å². The maximum atomic E-state index is 5.53. The van der Waals surface area contributed by atoms with Crippen LogP contribution in [0.5, 0.6) is 11.5 Å². The van der Waals surface area contributed by atoms with Crippen LogP contribution in [0.1, 0.15) is 12.0 Å². The Morgan fingerprint density at radius 2 is 2.06 bits per heavy atom. The molecular formula is C14H17IO3. The monoisotopic (exact) mass is 360 g/mol. The second-order valence-electron chi connectivity index (χ2n) is 3.92. The minimum Gasteiger partial charge on any atom is -0.486 e. The van der Waals surface area contributed by atoms with Gasteiger partial charge in [-0.15, -0.1) is 0 Å². The number of hydrogen-bond acceptors (Lipinski definition) is 3. The first-order valence-corrected chi connectivity index (χ1v) is 7.62. The summed E-state index contributed by atoms with van der Waals surface area (Å²) in [7, 11) is 0. The van der Waals surface area contributed by atoms with Gasteiger partial charge in [-0.05, 0) is 24.1 Å². The van der Waals surface area contributed by atoms with Crippen LogP contribution in [0.4, 0.5) is 0 Å². The SMILES string of the molecule is ICCCOCC=Cc1ccc2c(c1)OCCO2. The second-order valence-corrected chi connectivity index (χ2v) is 5.00. The van der Waals surface area contributed by atoms with Crippen LogP contribution in [-0.2, 0) is 4.74 Å². The number of halogens is 1. The third-order valence-corrected chi connectivity index (χ3v) is 3.28. The van der Waals surface area contributed by atoms with Crippen LogP contribution in [0.2, 0.25) is 0 Å². The molecule has 0 saturated carbocycles. The van der Waals surface area contributed by atoms with Crippen molar-refractivity contribution >= 4 is 28.7 Å². The maximum Gasteiger partial charge on any atom is 0.161 e. The predicted octanol–water partition coefficient (Wildman–Crippen LogP) is 3.31. The van der Waals surface area contributed by atoms with Crippen LogP contribution in [0, 0.1) is 0 Å². The zero-order valence-corrected chi connectivity index (χ0v) is 12.4.